The highest BCUT2D eigenvalue weighted by molar-refractivity contribution is 5.87. The molecule has 1 atom stereocenters. The van der Waals surface area contributed by atoms with Crippen LogP contribution in [0.25, 0.3) is 11.1 Å². The van der Waals surface area contributed by atoms with Gasteiger partial charge in [0.25, 0.3) is 0 Å². The van der Waals surface area contributed by atoms with Crippen molar-refractivity contribution in [2.75, 3.05) is 6.61 Å². The molecule has 2 aromatic rings. The smallest absolute Gasteiger partial charge is 0.407 e. The summed E-state index contributed by atoms with van der Waals surface area (Å²) in [5, 5.41) is 11.8. The lowest BCUT2D eigenvalue weighted by Gasteiger charge is -2.19. The number of carboxylic acid groups (broad SMARTS) is 1. The lowest BCUT2D eigenvalue weighted by atomic mass is 9.98. The SMILES string of the molecule is O=C(N[C@H]1C=CC=C(C(=O)O)C1)OCC1c2ccccc2-c2ccccc21. The zero-order chi connectivity index (χ0) is 18.8. The average molecular weight is 361 g/mol. The van der Waals surface area contributed by atoms with Gasteiger partial charge in [0.1, 0.15) is 6.61 Å². The first-order valence-electron chi connectivity index (χ1n) is 8.85. The maximum atomic E-state index is 12.2. The Labute approximate surface area is 157 Å². The molecule has 0 spiro atoms. The third-order valence-electron chi connectivity index (χ3n) is 5.00. The highest BCUT2D eigenvalue weighted by atomic mass is 16.5. The van der Waals surface area contributed by atoms with Gasteiger partial charge in [-0.2, -0.15) is 0 Å². The molecular weight excluding hydrogens is 342 g/mol. The number of aliphatic carboxylic acids is 1. The van der Waals surface area contributed by atoms with Crippen molar-refractivity contribution < 1.29 is 19.4 Å². The van der Waals surface area contributed by atoms with Gasteiger partial charge in [-0.1, -0.05) is 66.8 Å². The van der Waals surface area contributed by atoms with E-state index in [-0.39, 0.29) is 30.6 Å². The normalized spacial score (nSPS) is 17.6. The second kappa shape index (κ2) is 7.11. The topological polar surface area (TPSA) is 75.6 Å². The van der Waals surface area contributed by atoms with E-state index in [1.54, 1.807) is 12.2 Å². The van der Waals surface area contributed by atoms with Crippen LogP contribution in [0.3, 0.4) is 0 Å². The van der Waals surface area contributed by atoms with Crippen LogP contribution in [0.2, 0.25) is 0 Å². The van der Waals surface area contributed by atoms with E-state index >= 15 is 0 Å². The molecule has 2 N–H and O–H groups in total. The Bertz CT molecular complexity index is 915. The van der Waals surface area contributed by atoms with E-state index in [0.717, 1.165) is 11.1 Å². The molecule has 4 rings (SSSR count). The zero-order valence-corrected chi connectivity index (χ0v) is 14.6. The Balaban J connectivity index is 1.42. The number of hydrogen-bond acceptors (Lipinski definition) is 3. The van der Waals surface area contributed by atoms with Gasteiger partial charge >= 0.3 is 12.1 Å². The van der Waals surface area contributed by atoms with Gasteiger partial charge in [0.15, 0.2) is 0 Å². The molecule has 0 radical (unpaired) electrons. The van der Waals surface area contributed by atoms with Gasteiger partial charge in [-0.3, -0.25) is 0 Å². The van der Waals surface area contributed by atoms with Gasteiger partial charge in [0.05, 0.1) is 6.04 Å². The number of carboxylic acids is 1. The van der Waals surface area contributed by atoms with Crippen LogP contribution in [0.15, 0.2) is 72.3 Å². The number of ether oxygens (including phenoxy) is 1. The van der Waals surface area contributed by atoms with Crippen LogP contribution in [-0.2, 0) is 9.53 Å². The van der Waals surface area contributed by atoms with Crippen molar-refractivity contribution in [1.82, 2.24) is 5.32 Å². The lowest BCUT2D eigenvalue weighted by molar-refractivity contribution is -0.132. The van der Waals surface area contributed by atoms with E-state index in [4.69, 9.17) is 9.84 Å². The molecule has 27 heavy (non-hydrogen) atoms. The molecule has 5 nitrogen and oxygen atoms in total. The Hall–Kier alpha value is -3.34. The van der Waals surface area contributed by atoms with Crippen LogP contribution in [0.5, 0.6) is 0 Å². The zero-order valence-electron chi connectivity index (χ0n) is 14.6. The number of benzene rings is 2. The predicted octanol–water partition coefficient (Wildman–Crippen LogP) is 3.86. The molecule has 0 saturated carbocycles. The molecule has 0 aromatic heterocycles. The number of alkyl carbamates (subject to hydrolysis) is 1. The fraction of sp³-hybridized carbons (Fsp3) is 0.182. The van der Waals surface area contributed by atoms with Crippen molar-refractivity contribution in [2.24, 2.45) is 0 Å². The van der Waals surface area contributed by atoms with Gasteiger partial charge in [0, 0.05) is 17.9 Å². The maximum Gasteiger partial charge on any atom is 0.407 e. The standard InChI is InChI=1S/C22H19NO4/c24-21(25)14-6-5-7-15(12-14)23-22(26)27-13-20-18-10-3-1-8-16(18)17-9-2-4-11-19(17)20/h1-11,15,20H,12-13H2,(H,23,26)(H,24,25)/t15-/m0/s1. The largest absolute Gasteiger partial charge is 0.478 e. The van der Waals surface area contributed by atoms with Crippen LogP contribution in [-0.4, -0.2) is 29.8 Å². The minimum Gasteiger partial charge on any atom is -0.478 e. The average Bonchev–Trinajstić information content (AvgIpc) is 3.00. The summed E-state index contributed by atoms with van der Waals surface area (Å²) >= 11 is 0. The fourth-order valence-electron chi connectivity index (χ4n) is 3.73. The molecule has 0 fully saturated rings. The van der Waals surface area contributed by atoms with E-state index in [2.05, 4.69) is 29.6 Å². The molecular formula is C22H19NO4. The Morgan fingerprint density at radius 3 is 2.30 bits per heavy atom. The highest BCUT2D eigenvalue weighted by Crippen LogP contribution is 2.44. The number of rotatable bonds is 4. The molecule has 0 heterocycles. The molecule has 2 aliphatic rings. The van der Waals surface area contributed by atoms with Gasteiger partial charge in [-0.05, 0) is 22.3 Å². The minimum absolute atomic E-state index is 0.000440. The molecule has 0 saturated heterocycles. The van der Waals surface area contributed by atoms with Crippen molar-refractivity contribution in [3.05, 3.63) is 83.5 Å². The van der Waals surface area contributed by atoms with Crippen LogP contribution < -0.4 is 5.32 Å². The summed E-state index contributed by atoms with van der Waals surface area (Å²) in [6, 6.07) is 15.9. The Kier molecular flexibility index (Phi) is 4.50. The summed E-state index contributed by atoms with van der Waals surface area (Å²) in [5.41, 5.74) is 4.92. The number of hydrogen-bond donors (Lipinski definition) is 2. The van der Waals surface area contributed by atoms with Crippen LogP contribution >= 0.6 is 0 Å². The number of fused-ring (bicyclic) bond motifs is 3. The Morgan fingerprint density at radius 2 is 1.67 bits per heavy atom. The first kappa shape index (κ1) is 17.1. The maximum absolute atomic E-state index is 12.2. The predicted molar refractivity (Wildman–Crippen MR) is 101 cm³/mol. The van der Waals surface area contributed by atoms with Gasteiger partial charge in [-0.15, -0.1) is 0 Å². The molecule has 136 valence electrons. The van der Waals surface area contributed by atoms with Gasteiger partial charge in [0.2, 0.25) is 0 Å². The summed E-state index contributed by atoms with van der Waals surface area (Å²) in [5.74, 6) is -0.974. The number of nitrogens with one attached hydrogen (secondary N) is 1. The molecule has 2 aromatic carbocycles. The van der Waals surface area contributed by atoms with Crippen molar-refractivity contribution >= 4 is 12.1 Å². The number of allylic oxidation sites excluding steroid dienone is 2. The second-order valence-electron chi connectivity index (χ2n) is 6.66. The Morgan fingerprint density at radius 1 is 1.04 bits per heavy atom. The summed E-state index contributed by atoms with van der Waals surface area (Å²) in [7, 11) is 0. The summed E-state index contributed by atoms with van der Waals surface area (Å²) < 4.78 is 5.49. The monoisotopic (exact) mass is 361 g/mol. The summed E-state index contributed by atoms with van der Waals surface area (Å²) in [6.45, 7) is 0.234. The van der Waals surface area contributed by atoms with E-state index in [9.17, 15) is 9.59 Å². The van der Waals surface area contributed by atoms with Crippen LogP contribution in [0.4, 0.5) is 4.79 Å². The molecule has 0 aliphatic heterocycles. The van der Waals surface area contributed by atoms with Crippen LogP contribution in [0.1, 0.15) is 23.5 Å². The van der Waals surface area contributed by atoms with Gasteiger partial charge in [-0.25, -0.2) is 9.59 Å². The molecule has 1 amide bonds. The minimum atomic E-state index is -0.973. The molecule has 0 unspecified atom stereocenters. The number of amides is 1. The second-order valence-corrected chi connectivity index (χ2v) is 6.66. The fourth-order valence-corrected chi connectivity index (χ4v) is 3.73. The lowest BCUT2D eigenvalue weighted by Crippen LogP contribution is -2.36. The first-order chi connectivity index (χ1) is 13.1. The number of carbonyl (C=O) groups excluding carboxylic acids is 1. The van der Waals surface area contributed by atoms with Gasteiger partial charge < -0.3 is 15.2 Å². The van der Waals surface area contributed by atoms with E-state index < -0.39 is 12.1 Å². The van der Waals surface area contributed by atoms with E-state index in [1.807, 2.05) is 24.3 Å². The van der Waals surface area contributed by atoms with Crippen molar-refractivity contribution in [3.8, 4) is 11.1 Å². The third kappa shape index (κ3) is 3.36. The van der Waals surface area contributed by atoms with Crippen molar-refractivity contribution in [3.63, 3.8) is 0 Å². The van der Waals surface area contributed by atoms with Crippen molar-refractivity contribution in [2.45, 2.75) is 18.4 Å². The van der Waals surface area contributed by atoms with Crippen LogP contribution in [0, 0.1) is 0 Å². The first-order valence-corrected chi connectivity index (χ1v) is 8.85. The van der Waals surface area contributed by atoms with E-state index in [0.29, 0.717) is 0 Å². The third-order valence-corrected chi connectivity index (χ3v) is 5.00. The summed E-state index contributed by atoms with van der Waals surface area (Å²) in [6.07, 6.45) is 4.64. The molecule has 2 aliphatic carbocycles. The van der Waals surface area contributed by atoms with Crippen molar-refractivity contribution in [1.29, 1.82) is 0 Å². The highest BCUT2D eigenvalue weighted by Gasteiger charge is 2.29. The van der Waals surface area contributed by atoms with E-state index in [1.165, 1.54) is 17.2 Å². The molecule has 5 heteroatoms. The summed E-state index contributed by atoms with van der Waals surface area (Å²) in [4.78, 5) is 23.3. The molecule has 0 bridgehead atoms. The quantitative estimate of drug-likeness (QED) is 0.867. The number of carbonyl (C=O) groups is 2.